The van der Waals surface area contributed by atoms with E-state index in [0.29, 0.717) is 23.0 Å². The third-order valence-electron chi connectivity index (χ3n) is 3.85. The van der Waals surface area contributed by atoms with E-state index in [2.05, 4.69) is 15.1 Å². The number of nitro benzene ring substituents is 1. The Hall–Kier alpha value is -3.20. The van der Waals surface area contributed by atoms with Gasteiger partial charge in [0.2, 0.25) is 11.7 Å². The Morgan fingerprint density at radius 1 is 1.19 bits per heavy atom. The largest absolute Gasteiger partial charge is 0.338 e. The highest BCUT2D eigenvalue weighted by Gasteiger charge is 2.14. The zero-order valence-corrected chi connectivity index (χ0v) is 14.5. The Morgan fingerprint density at radius 2 is 2.04 bits per heavy atom. The predicted octanol–water partition coefficient (Wildman–Crippen LogP) is 3.82. The first-order valence-corrected chi connectivity index (χ1v) is 8.72. The quantitative estimate of drug-likeness (QED) is 0.300. The Bertz CT molecular complexity index is 1100. The van der Waals surface area contributed by atoms with Crippen LogP contribution in [0.3, 0.4) is 0 Å². The van der Waals surface area contributed by atoms with Gasteiger partial charge in [-0.1, -0.05) is 41.2 Å². The number of benzene rings is 2. The van der Waals surface area contributed by atoms with E-state index in [-0.39, 0.29) is 5.69 Å². The molecular formula is C17H13N5O3S. The summed E-state index contributed by atoms with van der Waals surface area (Å²) in [6.45, 7) is 0. The van der Waals surface area contributed by atoms with E-state index < -0.39 is 4.92 Å². The summed E-state index contributed by atoms with van der Waals surface area (Å²) in [5.74, 6) is 1.22. The van der Waals surface area contributed by atoms with Crippen molar-refractivity contribution in [3.63, 3.8) is 0 Å². The average molecular weight is 367 g/mol. The maximum Gasteiger partial charge on any atom is 0.270 e. The predicted molar refractivity (Wildman–Crippen MR) is 96.7 cm³/mol. The number of aryl methyl sites for hydroxylation is 1. The van der Waals surface area contributed by atoms with Crippen molar-refractivity contribution in [3.05, 3.63) is 64.5 Å². The van der Waals surface area contributed by atoms with Crippen LogP contribution >= 0.6 is 11.8 Å². The molecule has 0 N–H and O–H groups in total. The molecule has 0 saturated carbocycles. The van der Waals surface area contributed by atoms with Gasteiger partial charge in [0.25, 0.3) is 5.69 Å². The highest BCUT2D eigenvalue weighted by atomic mass is 32.2. The lowest BCUT2D eigenvalue weighted by Crippen LogP contribution is -1.91. The second-order valence-electron chi connectivity index (χ2n) is 5.55. The van der Waals surface area contributed by atoms with Crippen LogP contribution < -0.4 is 0 Å². The lowest BCUT2D eigenvalue weighted by Gasteiger charge is -1.99. The summed E-state index contributed by atoms with van der Waals surface area (Å²) in [7, 11) is 1.96. The topological polar surface area (TPSA) is 99.9 Å². The molecule has 0 bridgehead atoms. The van der Waals surface area contributed by atoms with E-state index in [1.807, 2.05) is 35.9 Å². The van der Waals surface area contributed by atoms with Gasteiger partial charge in [0.05, 0.1) is 21.7 Å². The molecule has 0 saturated heterocycles. The van der Waals surface area contributed by atoms with Crippen molar-refractivity contribution in [2.24, 2.45) is 7.05 Å². The molecule has 4 rings (SSSR count). The Kier molecular flexibility index (Phi) is 4.13. The number of nitro groups is 1. The van der Waals surface area contributed by atoms with Crippen LogP contribution in [-0.2, 0) is 12.8 Å². The molecule has 2 heterocycles. The van der Waals surface area contributed by atoms with Gasteiger partial charge in [-0.2, -0.15) is 4.98 Å². The van der Waals surface area contributed by atoms with Gasteiger partial charge < -0.3 is 9.09 Å². The van der Waals surface area contributed by atoms with Crippen LogP contribution in [0.5, 0.6) is 0 Å². The Morgan fingerprint density at radius 3 is 2.85 bits per heavy atom. The van der Waals surface area contributed by atoms with Crippen LogP contribution in [0.2, 0.25) is 0 Å². The SMILES string of the molecule is Cn1c(SCc2nc(-c3cccc([N+](=O)[O-])c3)no2)nc2ccccc21. The summed E-state index contributed by atoms with van der Waals surface area (Å²) in [5.41, 5.74) is 2.52. The number of non-ortho nitro benzene ring substituents is 1. The molecule has 130 valence electrons. The summed E-state index contributed by atoms with van der Waals surface area (Å²) < 4.78 is 7.28. The fraction of sp³-hybridized carbons (Fsp3) is 0.118. The van der Waals surface area contributed by atoms with Crippen molar-refractivity contribution >= 4 is 28.5 Å². The first-order valence-electron chi connectivity index (χ1n) is 7.73. The smallest absolute Gasteiger partial charge is 0.270 e. The second-order valence-corrected chi connectivity index (χ2v) is 6.49. The lowest BCUT2D eigenvalue weighted by molar-refractivity contribution is -0.384. The molecule has 0 unspecified atom stereocenters. The van der Waals surface area contributed by atoms with Crippen LogP contribution in [0.15, 0.2) is 58.2 Å². The summed E-state index contributed by atoms with van der Waals surface area (Å²) in [4.78, 5) is 19.3. The molecule has 9 heteroatoms. The molecule has 8 nitrogen and oxygen atoms in total. The molecule has 4 aromatic rings. The maximum absolute atomic E-state index is 10.9. The van der Waals surface area contributed by atoms with Gasteiger partial charge in [0, 0.05) is 24.7 Å². The van der Waals surface area contributed by atoms with Crippen LogP contribution in [0, 0.1) is 10.1 Å². The fourth-order valence-corrected chi connectivity index (χ4v) is 3.39. The molecule has 0 amide bonds. The summed E-state index contributed by atoms with van der Waals surface area (Å²) in [5, 5.41) is 15.6. The minimum atomic E-state index is -0.452. The Balaban J connectivity index is 1.52. The summed E-state index contributed by atoms with van der Waals surface area (Å²) in [6, 6.07) is 14.1. The molecule has 2 aromatic carbocycles. The summed E-state index contributed by atoms with van der Waals surface area (Å²) in [6.07, 6.45) is 0. The maximum atomic E-state index is 10.9. The van der Waals surface area contributed by atoms with Gasteiger partial charge in [0.15, 0.2) is 5.16 Å². The van der Waals surface area contributed by atoms with E-state index in [0.717, 1.165) is 16.2 Å². The van der Waals surface area contributed by atoms with E-state index >= 15 is 0 Å². The van der Waals surface area contributed by atoms with Crippen LogP contribution in [0.25, 0.3) is 22.4 Å². The number of imidazole rings is 1. The summed E-state index contributed by atoms with van der Waals surface area (Å²) >= 11 is 1.49. The van der Waals surface area contributed by atoms with E-state index in [9.17, 15) is 10.1 Å². The van der Waals surface area contributed by atoms with E-state index in [4.69, 9.17) is 4.52 Å². The average Bonchev–Trinajstić information content (AvgIpc) is 3.25. The van der Waals surface area contributed by atoms with Crippen molar-refractivity contribution in [1.82, 2.24) is 19.7 Å². The van der Waals surface area contributed by atoms with Crippen molar-refractivity contribution in [2.75, 3.05) is 0 Å². The van der Waals surface area contributed by atoms with Crippen molar-refractivity contribution in [1.29, 1.82) is 0 Å². The van der Waals surface area contributed by atoms with Crippen molar-refractivity contribution < 1.29 is 9.45 Å². The number of para-hydroxylation sites is 2. The number of thioether (sulfide) groups is 1. The molecule has 0 aliphatic carbocycles. The monoisotopic (exact) mass is 367 g/mol. The van der Waals surface area contributed by atoms with Crippen LogP contribution in [0.1, 0.15) is 5.89 Å². The number of aromatic nitrogens is 4. The molecular weight excluding hydrogens is 354 g/mol. The van der Waals surface area contributed by atoms with Gasteiger partial charge in [-0.05, 0) is 12.1 Å². The standard InChI is InChI=1S/C17H13N5O3S/c1-21-14-8-3-2-7-13(14)18-17(21)26-10-15-19-16(20-25-15)11-5-4-6-12(9-11)22(23)24/h2-9H,10H2,1H3. The normalized spacial score (nSPS) is 11.1. The van der Waals surface area contributed by atoms with Crippen LogP contribution in [0.4, 0.5) is 5.69 Å². The second kappa shape index (κ2) is 6.60. The van der Waals surface area contributed by atoms with E-state index in [1.165, 1.54) is 23.9 Å². The molecule has 0 radical (unpaired) electrons. The number of hydrogen-bond acceptors (Lipinski definition) is 7. The molecule has 0 fully saturated rings. The molecule has 0 aliphatic heterocycles. The zero-order chi connectivity index (χ0) is 18.1. The molecule has 2 aromatic heterocycles. The molecule has 0 atom stereocenters. The minimum Gasteiger partial charge on any atom is -0.338 e. The highest BCUT2D eigenvalue weighted by molar-refractivity contribution is 7.98. The first kappa shape index (κ1) is 16.3. The molecule has 0 aliphatic rings. The number of fused-ring (bicyclic) bond motifs is 1. The first-order chi connectivity index (χ1) is 12.6. The molecule has 26 heavy (non-hydrogen) atoms. The lowest BCUT2D eigenvalue weighted by atomic mass is 10.2. The third kappa shape index (κ3) is 3.04. The van der Waals surface area contributed by atoms with Crippen LogP contribution in [-0.4, -0.2) is 24.6 Å². The van der Waals surface area contributed by atoms with Gasteiger partial charge >= 0.3 is 0 Å². The van der Waals surface area contributed by atoms with Gasteiger partial charge in [-0.3, -0.25) is 10.1 Å². The van der Waals surface area contributed by atoms with Gasteiger partial charge in [-0.15, -0.1) is 0 Å². The number of hydrogen-bond donors (Lipinski definition) is 0. The zero-order valence-electron chi connectivity index (χ0n) is 13.7. The number of rotatable bonds is 5. The van der Waals surface area contributed by atoms with Gasteiger partial charge in [0.1, 0.15) is 0 Å². The Labute approximate surface area is 152 Å². The van der Waals surface area contributed by atoms with Crippen molar-refractivity contribution in [3.8, 4) is 11.4 Å². The van der Waals surface area contributed by atoms with Gasteiger partial charge in [-0.25, -0.2) is 4.98 Å². The minimum absolute atomic E-state index is 0.0112. The van der Waals surface area contributed by atoms with E-state index in [1.54, 1.807) is 12.1 Å². The number of nitrogens with zero attached hydrogens (tertiary/aromatic N) is 5. The fourth-order valence-electron chi connectivity index (χ4n) is 2.57. The highest BCUT2D eigenvalue weighted by Crippen LogP contribution is 2.26. The van der Waals surface area contributed by atoms with Crippen molar-refractivity contribution in [2.45, 2.75) is 10.9 Å². The molecule has 0 spiro atoms. The third-order valence-corrected chi connectivity index (χ3v) is 4.87.